The van der Waals surface area contributed by atoms with E-state index in [0.717, 1.165) is 47.9 Å². The van der Waals surface area contributed by atoms with Crippen LogP contribution in [0, 0.1) is 5.82 Å². The predicted molar refractivity (Wildman–Crippen MR) is 124 cm³/mol. The smallest absolute Gasteiger partial charge is 0.261 e. The molecule has 0 atom stereocenters. The first-order chi connectivity index (χ1) is 15.0. The van der Waals surface area contributed by atoms with Gasteiger partial charge in [-0.3, -0.25) is 4.79 Å². The van der Waals surface area contributed by atoms with Gasteiger partial charge in [0.15, 0.2) is 0 Å². The third-order valence-corrected chi connectivity index (χ3v) is 7.00. The normalized spacial score (nSPS) is 17.1. The van der Waals surface area contributed by atoms with Gasteiger partial charge in [-0.1, -0.05) is 41.4 Å². The van der Waals surface area contributed by atoms with E-state index in [1.807, 2.05) is 30.3 Å². The summed E-state index contributed by atoms with van der Waals surface area (Å²) in [6, 6.07) is 19.7. The van der Waals surface area contributed by atoms with Crippen molar-refractivity contribution in [3.63, 3.8) is 0 Å². The average molecular weight is 455 g/mol. The summed E-state index contributed by atoms with van der Waals surface area (Å²) < 4.78 is 14.4. The van der Waals surface area contributed by atoms with Crippen LogP contribution in [-0.4, -0.2) is 25.5 Å². The van der Waals surface area contributed by atoms with Gasteiger partial charge in [0.25, 0.3) is 5.91 Å². The van der Waals surface area contributed by atoms with Gasteiger partial charge in [0.05, 0.1) is 5.56 Å². The van der Waals surface area contributed by atoms with E-state index < -0.39 is 5.82 Å². The lowest BCUT2D eigenvalue weighted by molar-refractivity contribution is 0.0979. The number of nitrogens with zero attached hydrogens (tertiary/aromatic N) is 2. The van der Waals surface area contributed by atoms with Gasteiger partial charge in [0.2, 0.25) is 0 Å². The van der Waals surface area contributed by atoms with Crippen LogP contribution in [-0.2, 0) is 5.41 Å². The summed E-state index contributed by atoms with van der Waals surface area (Å²) in [4.78, 5) is 17.3. The van der Waals surface area contributed by atoms with E-state index in [9.17, 15) is 9.18 Å². The minimum Gasteiger partial charge on any atom is -0.371 e. The fourth-order valence-electron chi connectivity index (χ4n) is 4.90. The summed E-state index contributed by atoms with van der Waals surface area (Å²) in [7, 11) is 0. The number of halogens is 3. The average Bonchev–Trinajstić information content (AvgIpc) is 3.07. The number of fused-ring (bicyclic) bond motifs is 2. The third kappa shape index (κ3) is 3.58. The molecule has 1 saturated heterocycles. The number of anilines is 2. The molecule has 0 N–H and O–H groups in total. The van der Waals surface area contributed by atoms with Crippen LogP contribution in [0.25, 0.3) is 0 Å². The zero-order valence-electron chi connectivity index (χ0n) is 16.8. The second-order valence-electron chi connectivity index (χ2n) is 8.28. The highest BCUT2D eigenvalue weighted by Gasteiger charge is 2.46. The van der Waals surface area contributed by atoms with Gasteiger partial charge >= 0.3 is 0 Å². The zero-order chi connectivity index (χ0) is 21.6. The maximum atomic E-state index is 14.4. The summed E-state index contributed by atoms with van der Waals surface area (Å²) >= 11 is 12.5. The Hall–Kier alpha value is -2.56. The van der Waals surface area contributed by atoms with Crippen molar-refractivity contribution in [3.8, 4) is 0 Å². The van der Waals surface area contributed by atoms with Crippen LogP contribution in [0.4, 0.5) is 15.8 Å². The first kappa shape index (κ1) is 20.3. The molecule has 2 aliphatic rings. The molecule has 1 amide bonds. The van der Waals surface area contributed by atoms with E-state index in [1.165, 1.54) is 6.07 Å². The van der Waals surface area contributed by atoms with Gasteiger partial charge in [-0.15, -0.1) is 0 Å². The number of carbonyl (C=O) groups excluding carboxylic acids is 1. The number of hydrogen-bond donors (Lipinski definition) is 0. The Kier molecular flexibility index (Phi) is 5.15. The van der Waals surface area contributed by atoms with Gasteiger partial charge in [-0.05, 0) is 66.9 Å². The van der Waals surface area contributed by atoms with Crippen molar-refractivity contribution in [2.75, 3.05) is 29.4 Å². The Balaban J connectivity index is 1.46. The largest absolute Gasteiger partial charge is 0.371 e. The Morgan fingerprint density at radius 2 is 1.65 bits per heavy atom. The molecule has 1 spiro atoms. The van der Waals surface area contributed by atoms with Crippen molar-refractivity contribution in [1.82, 2.24) is 0 Å². The number of hydrogen-bond acceptors (Lipinski definition) is 2. The first-order valence-corrected chi connectivity index (χ1v) is 11.1. The number of piperidine rings is 1. The van der Waals surface area contributed by atoms with Gasteiger partial charge in [-0.2, -0.15) is 0 Å². The van der Waals surface area contributed by atoms with Crippen molar-refractivity contribution < 1.29 is 9.18 Å². The molecule has 0 aliphatic carbocycles. The Morgan fingerprint density at radius 3 is 2.39 bits per heavy atom. The van der Waals surface area contributed by atoms with Gasteiger partial charge in [0.1, 0.15) is 5.82 Å². The zero-order valence-corrected chi connectivity index (χ0v) is 18.3. The summed E-state index contributed by atoms with van der Waals surface area (Å²) in [5, 5.41) is 1.37. The van der Waals surface area contributed by atoms with E-state index in [1.54, 1.807) is 29.2 Å². The van der Waals surface area contributed by atoms with Crippen LogP contribution >= 0.6 is 23.2 Å². The summed E-state index contributed by atoms with van der Waals surface area (Å²) in [6.45, 7) is 2.21. The lowest BCUT2D eigenvalue weighted by Gasteiger charge is -2.41. The summed E-state index contributed by atoms with van der Waals surface area (Å²) in [6.07, 6.45) is 1.74. The maximum Gasteiger partial charge on any atom is 0.261 e. The lowest BCUT2D eigenvalue weighted by Crippen LogP contribution is -2.46. The van der Waals surface area contributed by atoms with E-state index in [2.05, 4.69) is 11.0 Å². The first-order valence-electron chi connectivity index (χ1n) is 10.3. The fraction of sp³-hybridized carbons (Fsp3) is 0.240. The predicted octanol–water partition coefficient (Wildman–Crippen LogP) is 6.33. The number of carbonyl (C=O) groups is 1. The second-order valence-corrected chi connectivity index (χ2v) is 9.15. The highest BCUT2D eigenvalue weighted by Crippen LogP contribution is 2.48. The van der Waals surface area contributed by atoms with Gasteiger partial charge in [-0.25, -0.2) is 4.39 Å². The van der Waals surface area contributed by atoms with Crippen molar-refractivity contribution in [2.24, 2.45) is 0 Å². The van der Waals surface area contributed by atoms with Crippen LogP contribution in [0.1, 0.15) is 28.8 Å². The van der Waals surface area contributed by atoms with Crippen LogP contribution in [0.15, 0.2) is 66.7 Å². The SMILES string of the molecule is O=C(c1ccccc1F)N1CC2(CCN(c3cccc(Cl)c3)CC2)c2cc(Cl)ccc21. The molecule has 0 aromatic heterocycles. The standard InChI is InChI=1S/C25H21Cl2FN2O/c26-17-4-3-5-19(14-17)29-12-10-25(11-13-29)16-30(23-9-8-18(27)15-21(23)25)24(31)20-6-1-2-7-22(20)28/h1-9,14-15H,10-13,16H2. The molecule has 3 nitrogen and oxygen atoms in total. The Morgan fingerprint density at radius 1 is 0.903 bits per heavy atom. The number of rotatable bonds is 2. The van der Waals surface area contributed by atoms with E-state index in [4.69, 9.17) is 23.2 Å². The van der Waals surface area contributed by atoms with Crippen molar-refractivity contribution in [3.05, 3.63) is 93.7 Å². The molecule has 0 bridgehead atoms. The molecule has 3 aromatic rings. The molecule has 0 unspecified atom stereocenters. The summed E-state index contributed by atoms with van der Waals surface area (Å²) in [5.41, 5.74) is 2.91. The van der Waals surface area contributed by atoms with E-state index in [-0.39, 0.29) is 16.9 Å². The summed E-state index contributed by atoms with van der Waals surface area (Å²) in [5.74, 6) is -0.810. The van der Waals surface area contributed by atoms with Crippen molar-refractivity contribution >= 4 is 40.5 Å². The molecule has 0 radical (unpaired) electrons. The molecular weight excluding hydrogens is 434 g/mol. The highest BCUT2D eigenvalue weighted by molar-refractivity contribution is 6.31. The molecule has 3 aromatic carbocycles. The second kappa shape index (κ2) is 7.85. The molecule has 158 valence electrons. The van der Waals surface area contributed by atoms with Gasteiger partial charge < -0.3 is 9.80 Å². The minimum atomic E-state index is -0.500. The fourth-order valence-corrected chi connectivity index (χ4v) is 5.25. The maximum absolute atomic E-state index is 14.4. The Bertz CT molecular complexity index is 1160. The molecule has 5 rings (SSSR count). The Labute approximate surface area is 191 Å². The third-order valence-electron chi connectivity index (χ3n) is 6.52. The molecule has 2 aliphatic heterocycles. The van der Waals surface area contributed by atoms with Crippen molar-refractivity contribution in [2.45, 2.75) is 18.3 Å². The molecular formula is C25H21Cl2FN2O. The van der Waals surface area contributed by atoms with Crippen molar-refractivity contribution in [1.29, 1.82) is 0 Å². The van der Waals surface area contributed by atoms with Crippen LogP contribution in [0.3, 0.4) is 0 Å². The number of benzene rings is 3. The molecule has 6 heteroatoms. The minimum absolute atomic E-state index is 0.0943. The molecule has 1 fully saturated rings. The van der Waals surface area contributed by atoms with Crippen LogP contribution in [0.2, 0.25) is 10.0 Å². The van der Waals surface area contributed by atoms with Gasteiger partial charge in [0, 0.05) is 46.5 Å². The number of amides is 1. The highest BCUT2D eigenvalue weighted by atomic mass is 35.5. The quantitative estimate of drug-likeness (QED) is 0.451. The molecule has 31 heavy (non-hydrogen) atoms. The van der Waals surface area contributed by atoms with Crippen LogP contribution in [0.5, 0.6) is 0 Å². The topological polar surface area (TPSA) is 23.6 Å². The molecule has 0 saturated carbocycles. The lowest BCUT2D eigenvalue weighted by atomic mass is 9.74. The molecule has 2 heterocycles. The monoisotopic (exact) mass is 454 g/mol. The van der Waals surface area contributed by atoms with E-state index >= 15 is 0 Å². The van der Waals surface area contributed by atoms with Crippen LogP contribution < -0.4 is 9.80 Å². The van der Waals surface area contributed by atoms with E-state index in [0.29, 0.717) is 11.6 Å².